The fourth-order valence-corrected chi connectivity index (χ4v) is 2.23. The molecule has 0 radical (unpaired) electrons. The van der Waals surface area contributed by atoms with Crippen LogP contribution in [0.25, 0.3) is 6.08 Å². The lowest BCUT2D eigenvalue weighted by Crippen LogP contribution is -2.26. The van der Waals surface area contributed by atoms with E-state index >= 15 is 0 Å². The second kappa shape index (κ2) is 9.47. The Balaban J connectivity index is 2.41. The first-order valence-electron chi connectivity index (χ1n) is 8.07. The van der Waals surface area contributed by atoms with E-state index in [0.717, 1.165) is 23.7 Å². The highest BCUT2D eigenvalue weighted by Crippen LogP contribution is 2.22. The minimum Gasteiger partial charge on any atom is -0.497 e. The van der Waals surface area contributed by atoms with Gasteiger partial charge in [0.2, 0.25) is 0 Å². The van der Waals surface area contributed by atoms with Crippen molar-refractivity contribution in [2.75, 3.05) is 13.7 Å². The van der Waals surface area contributed by atoms with Crippen LogP contribution in [0.5, 0.6) is 5.75 Å². The van der Waals surface area contributed by atoms with E-state index < -0.39 is 0 Å². The van der Waals surface area contributed by atoms with Crippen LogP contribution in [-0.4, -0.2) is 19.3 Å². The molecule has 0 fully saturated rings. The lowest BCUT2D eigenvalue weighted by molar-refractivity contribution is 0.0151. The Morgan fingerprint density at radius 3 is 2.45 bits per heavy atom. The monoisotopic (exact) mass is 302 g/mol. The van der Waals surface area contributed by atoms with Crippen molar-refractivity contribution in [3.63, 3.8) is 0 Å². The molecular weight excluding hydrogens is 272 g/mol. The molecule has 1 aromatic carbocycles. The average molecular weight is 302 g/mol. The molecule has 0 heterocycles. The Labute approximate surface area is 135 Å². The lowest BCUT2D eigenvalue weighted by Gasteiger charge is -2.26. The molecule has 0 N–H and O–H groups in total. The van der Waals surface area contributed by atoms with E-state index in [1.807, 2.05) is 36.4 Å². The van der Waals surface area contributed by atoms with Crippen LogP contribution in [0.3, 0.4) is 0 Å². The summed E-state index contributed by atoms with van der Waals surface area (Å²) in [7, 11) is 1.67. The number of benzene rings is 1. The van der Waals surface area contributed by atoms with E-state index in [0.29, 0.717) is 6.61 Å². The van der Waals surface area contributed by atoms with E-state index in [9.17, 15) is 0 Å². The molecule has 0 saturated heterocycles. The third-order valence-electron chi connectivity index (χ3n) is 3.82. The van der Waals surface area contributed by atoms with Gasteiger partial charge in [-0.3, -0.25) is 0 Å². The van der Waals surface area contributed by atoms with Crippen LogP contribution in [0, 0.1) is 5.92 Å². The molecule has 0 bridgehead atoms. The van der Waals surface area contributed by atoms with Crippen molar-refractivity contribution in [2.45, 2.75) is 45.6 Å². The van der Waals surface area contributed by atoms with Crippen LogP contribution in [0.2, 0.25) is 0 Å². The topological polar surface area (TPSA) is 18.5 Å². The molecule has 2 heteroatoms. The fourth-order valence-electron chi connectivity index (χ4n) is 2.23. The molecule has 0 amide bonds. The molecular formula is C20H30O2. The van der Waals surface area contributed by atoms with Gasteiger partial charge in [-0.1, -0.05) is 57.0 Å². The van der Waals surface area contributed by atoms with Gasteiger partial charge in [0.1, 0.15) is 5.75 Å². The summed E-state index contributed by atoms with van der Waals surface area (Å²) in [5.74, 6) is 1.61. The smallest absolute Gasteiger partial charge is 0.118 e. The van der Waals surface area contributed by atoms with Gasteiger partial charge in [-0.15, -0.1) is 6.58 Å². The van der Waals surface area contributed by atoms with Gasteiger partial charge in [-0.25, -0.2) is 0 Å². The zero-order chi connectivity index (χ0) is 16.4. The normalized spacial score (nSPS) is 14.2. The maximum atomic E-state index is 6.00. The summed E-state index contributed by atoms with van der Waals surface area (Å²) in [6, 6.07) is 7.98. The van der Waals surface area contributed by atoms with Gasteiger partial charge < -0.3 is 9.47 Å². The standard InChI is InChI=1S/C20H30O2/c1-6-20(4,15-7-9-17(2)3)22-16-8-10-18-11-13-19(21-5)14-12-18/h6,8,10-14,17H,1,7,9,15-16H2,2-5H3. The van der Waals surface area contributed by atoms with Crippen molar-refractivity contribution in [1.29, 1.82) is 0 Å². The minimum absolute atomic E-state index is 0.237. The maximum absolute atomic E-state index is 6.00. The molecule has 0 aromatic heterocycles. The third kappa shape index (κ3) is 6.95. The van der Waals surface area contributed by atoms with Crippen LogP contribution >= 0.6 is 0 Å². The van der Waals surface area contributed by atoms with Gasteiger partial charge in [0.15, 0.2) is 0 Å². The van der Waals surface area contributed by atoms with Gasteiger partial charge in [0.05, 0.1) is 19.3 Å². The third-order valence-corrected chi connectivity index (χ3v) is 3.82. The SMILES string of the molecule is C=CC(C)(CCCC(C)C)OCC=Cc1ccc(OC)cc1. The average Bonchev–Trinajstić information content (AvgIpc) is 2.52. The highest BCUT2D eigenvalue weighted by atomic mass is 16.5. The summed E-state index contributed by atoms with van der Waals surface area (Å²) >= 11 is 0. The molecule has 22 heavy (non-hydrogen) atoms. The van der Waals surface area contributed by atoms with Crippen LogP contribution in [0.1, 0.15) is 45.6 Å². The summed E-state index contributed by atoms with van der Waals surface area (Å²) in [6.07, 6.45) is 9.46. The second-order valence-electron chi connectivity index (χ2n) is 6.29. The maximum Gasteiger partial charge on any atom is 0.118 e. The van der Waals surface area contributed by atoms with E-state index in [2.05, 4.69) is 33.4 Å². The second-order valence-corrected chi connectivity index (χ2v) is 6.29. The van der Waals surface area contributed by atoms with Gasteiger partial charge in [0, 0.05) is 0 Å². The van der Waals surface area contributed by atoms with Crippen LogP contribution in [-0.2, 0) is 4.74 Å². The van der Waals surface area contributed by atoms with E-state index in [1.165, 1.54) is 12.8 Å². The largest absolute Gasteiger partial charge is 0.497 e. The van der Waals surface area contributed by atoms with Crippen molar-refractivity contribution >= 4 is 6.08 Å². The summed E-state index contributed by atoms with van der Waals surface area (Å²) in [4.78, 5) is 0. The number of hydrogen-bond donors (Lipinski definition) is 0. The predicted octanol–water partition coefficient (Wildman–Crippen LogP) is 5.50. The number of rotatable bonds is 10. The Kier molecular flexibility index (Phi) is 7.97. The van der Waals surface area contributed by atoms with E-state index in [1.54, 1.807) is 7.11 Å². The summed E-state index contributed by atoms with van der Waals surface area (Å²) < 4.78 is 11.1. The number of ether oxygens (including phenoxy) is 2. The molecule has 1 rings (SSSR count). The predicted molar refractivity (Wildman–Crippen MR) is 95.3 cm³/mol. The molecule has 1 aromatic rings. The molecule has 0 aliphatic carbocycles. The van der Waals surface area contributed by atoms with Crippen molar-refractivity contribution < 1.29 is 9.47 Å². The lowest BCUT2D eigenvalue weighted by atomic mass is 9.96. The summed E-state index contributed by atoms with van der Waals surface area (Å²) in [6.45, 7) is 11.1. The minimum atomic E-state index is -0.237. The van der Waals surface area contributed by atoms with Gasteiger partial charge in [-0.05, 0) is 37.0 Å². The summed E-state index contributed by atoms with van der Waals surface area (Å²) in [5, 5.41) is 0. The summed E-state index contributed by atoms with van der Waals surface area (Å²) in [5.41, 5.74) is 0.906. The van der Waals surface area contributed by atoms with Crippen LogP contribution < -0.4 is 4.74 Å². The molecule has 0 spiro atoms. The molecule has 1 atom stereocenters. The molecule has 0 aliphatic heterocycles. The quantitative estimate of drug-likeness (QED) is 0.532. The number of methoxy groups -OCH3 is 1. The zero-order valence-corrected chi connectivity index (χ0v) is 14.5. The number of hydrogen-bond acceptors (Lipinski definition) is 2. The fraction of sp³-hybridized carbons (Fsp3) is 0.500. The van der Waals surface area contributed by atoms with Gasteiger partial charge in [-0.2, -0.15) is 0 Å². The molecule has 1 unspecified atom stereocenters. The first-order chi connectivity index (χ1) is 10.5. The van der Waals surface area contributed by atoms with Gasteiger partial charge >= 0.3 is 0 Å². The Bertz CT molecular complexity index is 459. The zero-order valence-electron chi connectivity index (χ0n) is 14.5. The highest BCUT2D eigenvalue weighted by Gasteiger charge is 2.19. The molecule has 122 valence electrons. The molecule has 0 saturated carbocycles. The molecule has 0 aliphatic rings. The molecule has 2 nitrogen and oxygen atoms in total. The van der Waals surface area contributed by atoms with Crippen LogP contribution in [0.15, 0.2) is 43.0 Å². The van der Waals surface area contributed by atoms with Crippen molar-refractivity contribution in [1.82, 2.24) is 0 Å². The first kappa shape index (κ1) is 18.5. The Morgan fingerprint density at radius 1 is 1.23 bits per heavy atom. The van der Waals surface area contributed by atoms with E-state index in [4.69, 9.17) is 9.47 Å². The Morgan fingerprint density at radius 2 is 1.91 bits per heavy atom. The van der Waals surface area contributed by atoms with Crippen molar-refractivity contribution in [3.05, 3.63) is 48.6 Å². The van der Waals surface area contributed by atoms with E-state index in [-0.39, 0.29) is 5.60 Å². The Hall–Kier alpha value is -1.54. The van der Waals surface area contributed by atoms with Crippen molar-refractivity contribution in [2.24, 2.45) is 5.92 Å². The van der Waals surface area contributed by atoms with Crippen LogP contribution in [0.4, 0.5) is 0 Å². The van der Waals surface area contributed by atoms with Gasteiger partial charge in [0.25, 0.3) is 0 Å². The first-order valence-corrected chi connectivity index (χ1v) is 8.07. The van der Waals surface area contributed by atoms with Crippen molar-refractivity contribution in [3.8, 4) is 5.75 Å². The highest BCUT2D eigenvalue weighted by molar-refractivity contribution is 5.50.